The predicted molar refractivity (Wildman–Crippen MR) is 42.8 cm³/mol. The van der Waals surface area contributed by atoms with Gasteiger partial charge in [0.25, 0.3) is 5.69 Å². The van der Waals surface area contributed by atoms with Crippen molar-refractivity contribution in [3.63, 3.8) is 0 Å². The number of aliphatic hydroxyl groups is 1. The average Bonchev–Trinajstić information content (AvgIpc) is 2.47. The maximum Gasteiger partial charge on any atom is 0.270 e. The summed E-state index contributed by atoms with van der Waals surface area (Å²) in [6, 6.07) is 4.11. The van der Waals surface area contributed by atoms with Crippen molar-refractivity contribution in [2.24, 2.45) is 0 Å². The van der Waals surface area contributed by atoms with Crippen LogP contribution in [0.15, 0.2) is 18.2 Å². The average molecular weight is 182 g/mol. The summed E-state index contributed by atoms with van der Waals surface area (Å²) in [4.78, 5) is 14.5. The molecular weight excluding hydrogens is 176 g/mol. The zero-order valence-electron chi connectivity index (χ0n) is 6.43. The summed E-state index contributed by atoms with van der Waals surface area (Å²) in [5, 5.41) is 19.6. The largest absolute Gasteiger partial charge is 0.362 e. The molecule has 0 fully saturated rings. The van der Waals surface area contributed by atoms with Gasteiger partial charge in [-0.25, -0.2) is 4.84 Å². The maximum atomic E-state index is 10.4. The van der Waals surface area contributed by atoms with Crippen molar-refractivity contribution >= 4 is 11.4 Å². The zero-order chi connectivity index (χ0) is 9.42. The fourth-order valence-electron chi connectivity index (χ4n) is 1.14. The lowest BCUT2D eigenvalue weighted by Crippen LogP contribution is -1.95. The fraction of sp³-hybridized carbons (Fsp3) is 0.143. The maximum absolute atomic E-state index is 10.4. The molecule has 13 heavy (non-hydrogen) atoms. The van der Waals surface area contributed by atoms with E-state index in [9.17, 15) is 15.2 Å². The lowest BCUT2D eigenvalue weighted by Gasteiger charge is -1.98. The molecule has 6 nitrogen and oxygen atoms in total. The number of anilines is 1. The SMILES string of the molecule is O=[N+]([O-])c1ccc2c(c1)C(O)ON2. The van der Waals surface area contributed by atoms with E-state index in [0.717, 1.165) is 0 Å². The molecular formula is C7H6N2O4. The Morgan fingerprint density at radius 1 is 1.62 bits per heavy atom. The number of non-ortho nitro benzene ring substituents is 1. The van der Waals surface area contributed by atoms with Crippen molar-refractivity contribution in [1.29, 1.82) is 0 Å². The minimum absolute atomic E-state index is 0.0647. The Morgan fingerprint density at radius 2 is 2.38 bits per heavy atom. The van der Waals surface area contributed by atoms with Gasteiger partial charge in [0, 0.05) is 17.7 Å². The lowest BCUT2D eigenvalue weighted by molar-refractivity contribution is -0.385. The van der Waals surface area contributed by atoms with Gasteiger partial charge in [0.05, 0.1) is 10.6 Å². The van der Waals surface area contributed by atoms with Gasteiger partial charge in [-0.2, -0.15) is 0 Å². The highest BCUT2D eigenvalue weighted by Gasteiger charge is 2.23. The van der Waals surface area contributed by atoms with Crippen molar-refractivity contribution in [1.82, 2.24) is 0 Å². The standard InChI is InChI=1S/C7H6N2O4/c10-7-5-3-4(9(11)12)1-2-6(5)8-13-7/h1-3,7-8,10H. The molecule has 1 atom stereocenters. The number of aliphatic hydroxyl groups excluding tert-OH is 1. The molecule has 1 heterocycles. The van der Waals surface area contributed by atoms with Gasteiger partial charge < -0.3 is 5.11 Å². The van der Waals surface area contributed by atoms with E-state index in [1.807, 2.05) is 0 Å². The van der Waals surface area contributed by atoms with E-state index in [1.165, 1.54) is 18.2 Å². The van der Waals surface area contributed by atoms with Crippen LogP contribution in [0.4, 0.5) is 11.4 Å². The van der Waals surface area contributed by atoms with E-state index in [-0.39, 0.29) is 5.69 Å². The molecule has 0 bridgehead atoms. The quantitative estimate of drug-likeness (QED) is 0.498. The van der Waals surface area contributed by atoms with Crippen LogP contribution in [0.25, 0.3) is 0 Å². The topological polar surface area (TPSA) is 84.6 Å². The van der Waals surface area contributed by atoms with Crippen LogP contribution >= 0.6 is 0 Å². The molecule has 0 spiro atoms. The van der Waals surface area contributed by atoms with Crippen LogP contribution in [0.5, 0.6) is 0 Å². The summed E-state index contributed by atoms with van der Waals surface area (Å²) < 4.78 is 0. The van der Waals surface area contributed by atoms with Crippen LogP contribution < -0.4 is 5.48 Å². The Bertz CT molecular complexity index is 366. The Balaban J connectivity index is 2.47. The number of nitro groups is 1. The highest BCUT2D eigenvalue weighted by molar-refractivity contribution is 5.57. The molecule has 0 saturated heterocycles. The van der Waals surface area contributed by atoms with Gasteiger partial charge in [0.2, 0.25) is 6.29 Å². The zero-order valence-corrected chi connectivity index (χ0v) is 6.43. The Hall–Kier alpha value is -1.66. The third-order valence-electron chi connectivity index (χ3n) is 1.79. The molecule has 6 heteroatoms. The van der Waals surface area contributed by atoms with E-state index in [1.54, 1.807) is 0 Å². The summed E-state index contributed by atoms with van der Waals surface area (Å²) in [5.74, 6) is 0. The van der Waals surface area contributed by atoms with Gasteiger partial charge in [-0.3, -0.25) is 15.6 Å². The summed E-state index contributed by atoms with van der Waals surface area (Å²) in [7, 11) is 0. The van der Waals surface area contributed by atoms with Crippen molar-refractivity contribution < 1.29 is 14.9 Å². The van der Waals surface area contributed by atoms with Crippen molar-refractivity contribution in [2.45, 2.75) is 6.29 Å². The van der Waals surface area contributed by atoms with Gasteiger partial charge in [0.15, 0.2) is 0 Å². The first kappa shape index (κ1) is 7.96. The van der Waals surface area contributed by atoms with E-state index in [0.29, 0.717) is 11.3 Å². The van der Waals surface area contributed by atoms with E-state index in [2.05, 4.69) is 10.3 Å². The molecule has 1 unspecified atom stereocenters. The highest BCUT2D eigenvalue weighted by Crippen LogP contribution is 2.33. The third-order valence-corrected chi connectivity index (χ3v) is 1.79. The van der Waals surface area contributed by atoms with E-state index in [4.69, 9.17) is 0 Å². The van der Waals surface area contributed by atoms with Gasteiger partial charge in [-0.05, 0) is 6.07 Å². The first-order chi connectivity index (χ1) is 6.18. The number of benzene rings is 1. The van der Waals surface area contributed by atoms with Crippen LogP contribution in [0.3, 0.4) is 0 Å². The molecule has 1 aromatic rings. The monoisotopic (exact) mass is 182 g/mol. The van der Waals surface area contributed by atoms with Crippen molar-refractivity contribution in [3.05, 3.63) is 33.9 Å². The normalized spacial score (nSPS) is 19.3. The Morgan fingerprint density at radius 3 is 3.08 bits per heavy atom. The third kappa shape index (κ3) is 1.21. The van der Waals surface area contributed by atoms with Crippen LogP contribution in [-0.4, -0.2) is 10.0 Å². The molecule has 0 aromatic heterocycles. The number of fused-ring (bicyclic) bond motifs is 1. The molecule has 1 aromatic carbocycles. The molecule has 0 radical (unpaired) electrons. The summed E-state index contributed by atoms with van der Waals surface area (Å²) >= 11 is 0. The van der Waals surface area contributed by atoms with Crippen LogP contribution in [0, 0.1) is 10.1 Å². The summed E-state index contributed by atoms with van der Waals surface area (Å²) in [5.41, 5.74) is 3.32. The first-order valence-corrected chi connectivity index (χ1v) is 3.56. The number of nitro benzene ring substituents is 1. The molecule has 2 N–H and O–H groups in total. The van der Waals surface area contributed by atoms with E-state index < -0.39 is 11.2 Å². The number of rotatable bonds is 1. The van der Waals surface area contributed by atoms with Gasteiger partial charge in [-0.1, -0.05) is 0 Å². The molecule has 0 amide bonds. The number of hydrogen-bond donors (Lipinski definition) is 2. The second-order valence-corrected chi connectivity index (χ2v) is 2.60. The van der Waals surface area contributed by atoms with Crippen molar-refractivity contribution in [2.75, 3.05) is 5.48 Å². The van der Waals surface area contributed by atoms with Gasteiger partial charge in [0.1, 0.15) is 0 Å². The van der Waals surface area contributed by atoms with Crippen molar-refractivity contribution in [3.8, 4) is 0 Å². The fourth-order valence-corrected chi connectivity index (χ4v) is 1.14. The van der Waals surface area contributed by atoms with E-state index >= 15 is 0 Å². The minimum atomic E-state index is -1.13. The summed E-state index contributed by atoms with van der Waals surface area (Å²) in [6.07, 6.45) is -1.13. The highest BCUT2D eigenvalue weighted by atomic mass is 16.7. The Labute approximate surface area is 72.9 Å². The lowest BCUT2D eigenvalue weighted by atomic mass is 10.1. The van der Waals surface area contributed by atoms with Crippen LogP contribution in [0.1, 0.15) is 11.9 Å². The molecule has 0 saturated carbocycles. The predicted octanol–water partition coefficient (Wildman–Crippen LogP) is 0.943. The van der Waals surface area contributed by atoms with Crippen LogP contribution in [-0.2, 0) is 4.84 Å². The Kier molecular flexibility index (Phi) is 1.64. The van der Waals surface area contributed by atoms with Crippen LogP contribution in [0.2, 0.25) is 0 Å². The first-order valence-electron chi connectivity index (χ1n) is 3.56. The minimum Gasteiger partial charge on any atom is -0.362 e. The summed E-state index contributed by atoms with van der Waals surface area (Å²) in [6.45, 7) is 0. The number of hydrogen-bond acceptors (Lipinski definition) is 5. The molecule has 0 aliphatic carbocycles. The molecule has 2 rings (SSSR count). The second kappa shape index (κ2) is 2.68. The number of nitrogens with zero attached hydrogens (tertiary/aromatic N) is 1. The smallest absolute Gasteiger partial charge is 0.270 e. The van der Waals surface area contributed by atoms with Gasteiger partial charge in [-0.15, -0.1) is 0 Å². The molecule has 1 aliphatic heterocycles. The molecule has 68 valence electrons. The second-order valence-electron chi connectivity index (χ2n) is 2.60. The molecule has 1 aliphatic rings. The number of nitrogens with one attached hydrogen (secondary N) is 1. The van der Waals surface area contributed by atoms with Gasteiger partial charge >= 0.3 is 0 Å².